The van der Waals surface area contributed by atoms with Gasteiger partial charge in [0, 0.05) is 0 Å². The molecule has 176 valence electrons. The van der Waals surface area contributed by atoms with Crippen molar-refractivity contribution < 1.29 is 17.9 Å². The molecule has 1 N–H and O–H groups in total. The molecular weight excluding hydrogens is 471 g/mol. The van der Waals surface area contributed by atoms with Crippen LogP contribution in [0.1, 0.15) is 56.3 Å². The van der Waals surface area contributed by atoms with E-state index in [0.29, 0.717) is 5.02 Å². The molecule has 9 heteroatoms. The molecule has 2 unspecified atom stereocenters. The number of carbonyl (C=O) groups is 1. The molecule has 0 saturated heterocycles. The SMILES string of the molecule is COc1cc(C)c(C(C)NC(=O)C(C)N(c2ccc(Cl)c(Cl)c2)S(C)(=O)=O)cc1C(C)C. The highest BCUT2D eigenvalue weighted by atomic mass is 35.5. The van der Waals surface area contributed by atoms with Gasteiger partial charge in [-0.05, 0) is 73.7 Å². The number of anilines is 1. The molecule has 6 nitrogen and oxygen atoms in total. The Morgan fingerprint density at radius 2 is 1.66 bits per heavy atom. The van der Waals surface area contributed by atoms with E-state index in [2.05, 4.69) is 19.2 Å². The second-order valence-electron chi connectivity index (χ2n) is 8.17. The summed E-state index contributed by atoms with van der Waals surface area (Å²) in [5.41, 5.74) is 3.21. The Morgan fingerprint density at radius 3 is 2.16 bits per heavy atom. The molecule has 2 atom stereocenters. The third-order valence-corrected chi connectivity index (χ3v) is 7.29. The topological polar surface area (TPSA) is 75.7 Å². The van der Waals surface area contributed by atoms with Crippen LogP contribution < -0.4 is 14.4 Å². The highest BCUT2D eigenvalue weighted by Crippen LogP contribution is 2.33. The van der Waals surface area contributed by atoms with Crippen LogP contribution in [0.5, 0.6) is 5.75 Å². The number of aryl methyl sites for hydroxylation is 1. The Kier molecular flexibility index (Phi) is 8.48. The first-order valence-corrected chi connectivity index (χ1v) is 12.8. The van der Waals surface area contributed by atoms with Gasteiger partial charge in [-0.3, -0.25) is 9.10 Å². The number of nitrogens with one attached hydrogen (secondary N) is 1. The van der Waals surface area contributed by atoms with Gasteiger partial charge in [-0.15, -0.1) is 0 Å². The number of amides is 1. The molecule has 2 aromatic rings. The molecule has 2 aromatic carbocycles. The fourth-order valence-corrected chi connectivity index (χ4v) is 5.11. The molecule has 2 rings (SSSR count). The normalized spacial score (nSPS) is 13.6. The van der Waals surface area contributed by atoms with E-state index in [9.17, 15) is 13.2 Å². The summed E-state index contributed by atoms with van der Waals surface area (Å²) in [4.78, 5) is 13.1. The van der Waals surface area contributed by atoms with E-state index < -0.39 is 22.0 Å². The second-order valence-corrected chi connectivity index (χ2v) is 10.8. The second kappa shape index (κ2) is 10.3. The quantitative estimate of drug-likeness (QED) is 0.521. The van der Waals surface area contributed by atoms with Crippen LogP contribution in [0.3, 0.4) is 0 Å². The number of hydrogen-bond donors (Lipinski definition) is 1. The molecule has 0 aliphatic heterocycles. The first-order chi connectivity index (χ1) is 14.8. The monoisotopic (exact) mass is 500 g/mol. The Labute approximate surface area is 200 Å². The van der Waals surface area contributed by atoms with Crippen LogP contribution in [0.25, 0.3) is 0 Å². The van der Waals surface area contributed by atoms with Crippen molar-refractivity contribution in [2.45, 2.75) is 52.6 Å². The van der Waals surface area contributed by atoms with Gasteiger partial charge in [0.05, 0.1) is 35.1 Å². The third kappa shape index (κ3) is 5.88. The summed E-state index contributed by atoms with van der Waals surface area (Å²) >= 11 is 12.0. The molecule has 0 aromatic heterocycles. The molecule has 0 fully saturated rings. The molecule has 0 spiro atoms. The summed E-state index contributed by atoms with van der Waals surface area (Å²) in [6, 6.07) is 7.08. The average Bonchev–Trinajstić information content (AvgIpc) is 2.68. The van der Waals surface area contributed by atoms with Gasteiger partial charge in [0.1, 0.15) is 11.8 Å². The van der Waals surface area contributed by atoms with Gasteiger partial charge in [-0.25, -0.2) is 8.42 Å². The largest absolute Gasteiger partial charge is 0.496 e. The lowest BCUT2D eigenvalue weighted by Gasteiger charge is -2.30. The maximum atomic E-state index is 13.1. The molecule has 0 aliphatic rings. The Morgan fingerprint density at radius 1 is 1.03 bits per heavy atom. The number of hydrogen-bond acceptors (Lipinski definition) is 4. The zero-order valence-electron chi connectivity index (χ0n) is 19.4. The van der Waals surface area contributed by atoms with E-state index >= 15 is 0 Å². The van der Waals surface area contributed by atoms with Crippen molar-refractivity contribution in [1.82, 2.24) is 5.32 Å². The van der Waals surface area contributed by atoms with Crippen LogP contribution in [0, 0.1) is 6.92 Å². The van der Waals surface area contributed by atoms with Crippen molar-refractivity contribution in [3.05, 3.63) is 57.1 Å². The van der Waals surface area contributed by atoms with Gasteiger partial charge in [0.15, 0.2) is 0 Å². The van der Waals surface area contributed by atoms with Gasteiger partial charge in [-0.2, -0.15) is 0 Å². The van der Waals surface area contributed by atoms with Crippen LogP contribution in [0.2, 0.25) is 10.0 Å². The number of methoxy groups -OCH3 is 1. The van der Waals surface area contributed by atoms with E-state index in [1.807, 2.05) is 26.0 Å². The summed E-state index contributed by atoms with van der Waals surface area (Å²) < 4.78 is 31.6. The summed E-state index contributed by atoms with van der Waals surface area (Å²) in [5, 5.41) is 3.44. The van der Waals surface area contributed by atoms with Gasteiger partial charge >= 0.3 is 0 Å². The lowest BCUT2D eigenvalue weighted by atomic mass is 9.93. The number of nitrogens with zero attached hydrogens (tertiary/aromatic N) is 1. The molecule has 0 aliphatic carbocycles. The van der Waals surface area contributed by atoms with Crippen molar-refractivity contribution in [3.63, 3.8) is 0 Å². The smallest absolute Gasteiger partial charge is 0.244 e. The highest BCUT2D eigenvalue weighted by molar-refractivity contribution is 7.92. The van der Waals surface area contributed by atoms with Crippen molar-refractivity contribution in [3.8, 4) is 5.75 Å². The minimum Gasteiger partial charge on any atom is -0.496 e. The summed E-state index contributed by atoms with van der Waals surface area (Å²) in [5.74, 6) is 0.604. The standard InChI is InChI=1S/C23H30Cl2N2O4S/c1-13(2)18-12-19(14(3)10-22(18)31-6)15(4)26-23(28)16(5)27(32(7,29)30)17-8-9-20(24)21(25)11-17/h8-13,15-16H,1-7H3,(H,26,28). The van der Waals surface area contributed by atoms with Crippen molar-refractivity contribution in [2.24, 2.45) is 0 Å². The van der Waals surface area contributed by atoms with E-state index in [1.165, 1.54) is 25.1 Å². The predicted molar refractivity (Wildman–Crippen MR) is 132 cm³/mol. The molecule has 1 amide bonds. The van der Waals surface area contributed by atoms with Crippen molar-refractivity contribution in [1.29, 1.82) is 0 Å². The first kappa shape index (κ1) is 26.3. The number of carbonyl (C=O) groups excluding carboxylic acids is 1. The molecule has 32 heavy (non-hydrogen) atoms. The van der Waals surface area contributed by atoms with Crippen LogP contribution in [0.15, 0.2) is 30.3 Å². The molecule has 0 radical (unpaired) electrons. The zero-order valence-corrected chi connectivity index (χ0v) is 21.7. The minimum absolute atomic E-state index is 0.203. The maximum Gasteiger partial charge on any atom is 0.244 e. The fourth-order valence-electron chi connectivity index (χ4n) is 3.65. The first-order valence-electron chi connectivity index (χ1n) is 10.2. The van der Waals surface area contributed by atoms with Gasteiger partial charge in [0.25, 0.3) is 0 Å². The number of sulfonamides is 1. The minimum atomic E-state index is -3.77. The van der Waals surface area contributed by atoms with E-state index in [0.717, 1.165) is 33.0 Å². The van der Waals surface area contributed by atoms with E-state index in [-0.39, 0.29) is 22.7 Å². The fraction of sp³-hybridized carbons (Fsp3) is 0.435. The number of halogens is 2. The zero-order chi connectivity index (χ0) is 24.4. The predicted octanol–water partition coefficient (Wildman–Crippen LogP) is 5.47. The van der Waals surface area contributed by atoms with Crippen LogP contribution in [-0.2, 0) is 14.8 Å². The maximum absolute atomic E-state index is 13.1. The Bertz CT molecular complexity index is 1100. The third-order valence-electron chi connectivity index (χ3n) is 5.31. The van der Waals surface area contributed by atoms with Gasteiger partial charge in [-0.1, -0.05) is 37.0 Å². The molecule has 0 heterocycles. The van der Waals surface area contributed by atoms with Crippen molar-refractivity contribution >= 4 is 44.8 Å². The van der Waals surface area contributed by atoms with Crippen LogP contribution in [0.4, 0.5) is 5.69 Å². The summed E-state index contributed by atoms with van der Waals surface area (Å²) in [6.45, 7) is 9.50. The number of rotatable bonds is 8. The Hall–Kier alpha value is -1.96. The van der Waals surface area contributed by atoms with Crippen molar-refractivity contribution in [2.75, 3.05) is 17.7 Å². The van der Waals surface area contributed by atoms with Crippen LogP contribution >= 0.6 is 23.2 Å². The lowest BCUT2D eigenvalue weighted by Crippen LogP contribution is -2.48. The van der Waals surface area contributed by atoms with E-state index in [1.54, 1.807) is 7.11 Å². The molecule has 0 saturated carbocycles. The Balaban J connectivity index is 2.35. The number of ether oxygens (including phenoxy) is 1. The summed E-state index contributed by atoms with van der Waals surface area (Å²) in [7, 11) is -2.14. The van der Waals surface area contributed by atoms with Gasteiger partial charge < -0.3 is 10.1 Å². The average molecular weight is 501 g/mol. The molecular formula is C23H30Cl2N2O4S. The summed E-state index contributed by atoms with van der Waals surface area (Å²) in [6.07, 6.45) is 1.05. The van der Waals surface area contributed by atoms with E-state index in [4.69, 9.17) is 27.9 Å². The lowest BCUT2D eigenvalue weighted by molar-refractivity contribution is -0.122. The number of benzene rings is 2. The molecule has 0 bridgehead atoms. The highest BCUT2D eigenvalue weighted by Gasteiger charge is 2.30. The van der Waals surface area contributed by atoms with Gasteiger partial charge in [0.2, 0.25) is 15.9 Å². The van der Waals surface area contributed by atoms with Crippen LogP contribution in [-0.4, -0.2) is 33.7 Å².